The van der Waals surface area contributed by atoms with Gasteiger partial charge in [0.05, 0.1) is 18.8 Å². The number of aliphatic hydroxyl groups is 1. The number of hydrogen-bond donors (Lipinski definition) is 1. The molecule has 0 bridgehead atoms. The SMILES string of the molecule is C=CC(=O)N1CCN(c2nc(OC[C@@H]3CCCN3C)nc3c2CN(Cc2c(Cl)cccc2OC)C3)C[C@@H]1CCO. The second-order valence-corrected chi connectivity index (χ2v) is 11.2. The van der Waals surface area contributed by atoms with Crippen LogP contribution < -0.4 is 14.4 Å². The maximum atomic E-state index is 12.5. The van der Waals surface area contributed by atoms with Crippen LogP contribution in [0.4, 0.5) is 5.82 Å². The van der Waals surface area contributed by atoms with Crippen LogP contribution in [0.2, 0.25) is 5.02 Å². The van der Waals surface area contributed by atoms with Crippen molar-refractivity contribution >= 4 is 23.3 Å². The highest BCUT2D eigenvalue weighted by atomic mass is 35.5. The molecule has 0 unspecified atom stereocenters. The van der Waals surface area contributed by atoms with E-state index in [-0.39, 0.29) is 18.6 Å². The van der Waals surface area contributed by atoms with Crippen LogP contribution in [0.5, 0.6) is 11.8 Å². The minimum absolute atomic E-state index is 0.00196. The molecule has 10 nitrogen and oxygen atoms in total. The molecule has 2 aromatic rings. The molecule has 1 N–H and O–H groups in total. The van der Waals surface area contributed by atoms with Crippen LogP contribution in [0, 0.1) is 0 Å². The van der Waals surface area contributed by atoms with E-state index in [9.17, 15) is 9.90 Å². The topological polar surface area (TPSA) is 94.5 Å². The monoisotopic (exact) mass is 570 g/mol. The number of hydrogen-bond acceptors (Lipinski definition) is 9. The summed E-state index contributed by atoms with van der Waals surface area (Å²) in [5, 5.41) is 10.4. The Balaban J connectivity index is 1.42. The lowest BCUT2D eigenvalue weighted by molar-refractivity contribution is -0.128. The summed E-state index contributed by atoms with van der Waals surface area (Å²) in [5.74, 6) is 1.48. The van der Waals surface area contributed by atoms with E-state index >= 15 is 0 Å². The van der Waals surface area contributed by atoms with Crippen LogP contribution >= 0.6 is 11.6 Å². The van der Waals surface area contributed by atoms with Crippen molar-refractivity contribution in [1.29, 1.82) is 0 Å². The Labute approximate surface area is 241 Å². The van der Waals surface area contributed by atoms with Gasteiger partial charge in [-0.3, -0.25) is 9.69 Å². The van der Waals surface area contributed by atoms with Crippen LogP contribution in [0.15, 0.2) is 30.9 Å². The van der Waals surface area contributed by atoms with Crippen molar-refractivity contribution in [1.82, 2.24) is 24.7 Å². The summed E-state index contributed by atoms with van der Waals surface area (Å²) >= 11 is 6.56. The third kappa shape index (κ3) is 6.05. The number of carbonyl (C=O) groups is 1. The number of aromatic nitrogens is 2. The molecule has 3 aliphatic rings. The van der Waals surface area contributed by atoms with E-state index in [1.54, 1.807) is 12.0 Å². The molecule has 2 fully saturated rings. The van der Waals surface area contributed by atoms with E-state index in [0.717, 1.165) is 41.4 Å². The third-order valence-electron chi connectivity index (χ3n) is 8.26. The summed E-state index contributed by atoms with van der Waals surface area (Å²) in [6, 6.07) is 6.29. The van der Waals surface area contributed by atoms with Gasteiger partial charge in [-0.15, -0.1) is 0 Å². The molecule has 40 heavy (non-hydrogen) atoms. The minimum atomic E-state index is -0.142. The zero-order chi connectivity index (χ0) is 28.2. The summed E-state index contributed by atoms with van der Waals surface area (Å²) in [7, 11) is 3.78. The summed E-state index contributed by atoms with van der Waals surface area (Å²) in [5.41, 5.74) is 2.94. The van der Waals surface area contributed by atoms with Crippen molar-refractivity contribution in [3.63, 3.8) is 0 Å². The van der Waals surface area contributed by atoms with Crippen LogP contribution in [-0.4, -0.2) is 101 Å². The predicted molar refractivity (Wildman–Crippen MR) is 154 cm³/mol. The number of nitrogens with zero attached hydrogens (tertiary/aromatic N) is 6. The van der Waals surface area contributed by atoms with Gasteiger partial charge in [0.1, 0.15) is 18.2 Å². The van der Waals surface area contributed by atoms with Crippen molar-refractivity contribution in [3.8, 4) is 11.8 Å². The molecule has 0 radical (unpaired) electrons. The number of methoxy groups -OCH3 is 1. The molecule has 2 saturated heterocycles. The van der Waals surface area contributed by atoms with Crippen molar-refractivity contribution in [2.75, 3.05) is 58.5 Å². The zero-order valence-electron chi connectivity index (χ0n) is 23.4. The fourth-order valence-electron chi connectivity index (χ4n) is 6.04. The van der Waals surface area contributed by atoms with Crippen molar-refractivity contribution < 1.29 is 19.4 Å². The Kier molecular flexibility index (Phi) is 9.10. The minimum Gasteiger partial charge on any atom is -0.496 e. The molecule has 4 heterocycles. The second kappa shape index (κ2) is 12.7. The highest BCUT2D eigenvalue weighted by Crippen LogP contribution is 2.36. The maximum absolute atomic E-state index is 12.5. The fraction of sp³-hybridized carbons (Fsp3) is 0.552. The van der Waals surface area contributed by atoms with Crippen LogP contribution in [0.1, 0.15) is 36.1 Å². The molecule has 216 valence electrons. The van der Waals surface area contributed by atoms with E-state index in [2.05, 4.69) is 28.3 Å². The van der Waals surface area contributed by atoms with Gasteiger partial charge < -0.3 is 29.3 Å². The summed E-state index contributed by atoms with van der Waals surface area (Å²) in [6.45, 7) is 8.87. The molecular formula is C29H39ClN6O4. The number of rotatable bonds is 10. The van der Waals surface area contributed by atoms with E-state index < -0.39 is 0 Å². The van der Waals surface area contributed by atoms with Gasteiger partial charge in [0.25, 0.3) is 0 Å². The number of amides is 1. The number of piperazine rings is 1. The molecule has 2 atom stereocenters. The maximum Gasteiger partial charge on any atom is 0.318 e. The summed E-state index contributed by atoms with van der Waals surface area (Å²) in [6.07, 6.45) is 4.10. The molecule has 0 saturated carbocycles. The highest BCUT2D eigenvalue weighted by Gasteiger charge is 2.34. The Hall–Kier alpha value is -2.92. The number of fused-ring (bicyclic) bond motifs is 1. The van der Waals surface area contributed by atoms with E-state index in [4.69, 9.17) is 31.0 Å². The Morgan fingerprint density at radius 1 is 1.23 bits per heavy atom. The number of anilines is 1. The Morgan fingerprint density at radius 3 is 2.80 bits per heavy atom. The predicted octanol–water partition coefficient (Wildman–Crippen LogP) is 2.71. The largest absolute Gasteiger partial charge is 0.496 e. The third-order valence-corrected chi connectivity index (χ3v) is 8.62. The molecule has 0 spiro atoms. The van der Waals surface area contributed by atoms with Gasteiger partial charge in [-0.1, -0.05) is 24.2 Å². The number of likely N-dealkylation sites (tertiary alicyclic amines) is 1. The van der Waals surface area contributed by atoms with Crippen molar-refractivity contribution in [3.05, 3.63) is 52.7 Å². The van der Waals surface area contributed by atoms with E-state index in [1.165, 1.54) is 12.5 Å². The van der Waals surface area contributed by atoms with E-state index in [0.29, 0.717) is 69.4 Å². The van der Waals surface area contributed by atoms with Gasteiger partial charge in [0.2, 0.25) is 5.91 Å². The lowest BCUT2D eigenvalue weighted by atomic mass is 10.1. The first-order chi connectivity index (χ1) is 19.4. The molecule has 1 aromatic heterocycles. The lowest BCUT2D eigenvalue weighted by Gasteiger charge is -2.42. The Morgan fingerprint density at radius 2 is 2.08 bits per heavy atom. The molecular weight excluding hydrogens is 532 g/mol. The number of aliphatic hydroxyl groups excluding tert-OH is 1. The van der Waals surface area contributed by atoms with Crippen LogP contribution in [0.3, 0.4) is 0 Å². The standard InChI is InChI=1S/C29H39ClN6O4/c1-4-27(38)36-13-12-35(15-20(36)10-14-37)28-23-17-34(16-22-24(30)8-5-9-26(22)39-3)18-25(23)31-29(32-28)40-19-21-7-6-11-33(21)2/h4-5,8-9,20-21,37H,1,6-7,10-19H2,2-3H3/t20-,21-/m0/s1. The highest BCUT2D eigenvalue weighted by molar-refractivity contribution is 6.31. The number of carbonyl (C=O) groups excluding carboxylic acids is 1. The van der Waals surface area contributed by atoms with Crippen LogP contribution in [0.25, 0.3) is 0 Å². The van der Waals surface area contributed by atoms with Gasteiger partial charge in [0.15, 0.2) is 0 Å². The van der Waals surface area contributed by atoms with Gasteiger partial charge in [-0.05, 0) is 51.1 Å². The van der Waals surface area contributed by atoms with Crippen molar-refractivity contribution in [2.24, 2.45) is 0 Å². The van der Waals surface area contributed by atoms with Crippen molar-refractivity contribution in [2.45, 2.75) is 51.0 Å². The average Bonchev–Trinajstić information content (AvgIpc) is 3.57. The number of halogens is 1. The molecule has 0 aliphatic carbocycles. The molecule has 1 amide bonds. The number of benzene rings is 1. The van der Waals surface area contributed by atoms with E-state index in [1.807, 2.05) is 18.2 Å². The first kappa shape index (κ1) is 28.6. The molecule has 3 aliphatic heterocycles. The normalized spacial score (nSPS) is 21.5. The van der Waals surface area contributed by atoms with Crippen LogP contribution in [-0.2, 0) is 24.4 Å². The van der Waals surface area contributed by atoms with Gasteiger partial charge in [0, 0.05) is 68.1 Å². The van der Waals surface area contributed by atoms with Gasteiger partial charge in [-0.2, -0.15) is 9.97 Å². The smallest absolute Gasteiger partial charge is 0.318 e. The summed E-state index contributed by atoms with van der Waals surface area (Å²) in [4.78, 5) is 30.9. The number of likely N-dealkylation sites (N-methyl/N-ethyl adjacent to an activating group) is 1. The molecule has 1 aromatic carbocycles. The average molecular weight is 571 g/mol. The zero-order valence-corrected chi connectivity index (χ0v) is 24.1. The summed E-state index contributed by atoms with van der Waals surface area (Å²) < 4.78 is 11.8. The second-order valence-electron chi connectivity index (χ2n) is 10.8. The quantitative estimate of drug-likeness (QED) is 0.433. The van der Waals surface area contributed by atoms with Gasteiger partial charge >= 0.3 is 6.01 Å². The lowest BCUT2D eigenvalue weighted by Crippen LogP contribution is -2.55. The number of ether oxygens (including phenoxy) is 2. The fourth-order valence-corrected chi connectivity index (χ4v) is 6.26. The first-order valence-corrected chi connectivity index (χ1v) is 14.3. The first-order valence-electron chi connectivity index (χ1n) is 14.0. The molecule has 5 rings (SSSR count). The Bertz CT molecular complexity index is 1230. The molecule has 11 heteroatoms. The van der Waals surface area contributed by atoms with Gasteiger partial charge in [-0.25, -0.2) is 0 Å².